The molecule has 1 aliphatic carbocycles. The Morgan fingerprint density at radius 3 is 1.20 bits per heavy atom. The van der Waals surface area contributed by atoms with E-state index in [0.29, 0.717) is 0 Å². The van der Waals surface area contributed by atoms with Gasteiger partial charge in [-0.1, -0.05) is 35.2 Å². The number of benzene rings is 2. The first-order valence-corrected chi connectivity index (χ1v) is 13.0. The second kappa shape index (κ2) is 14.0. The van der Waals surface area contributed by atoms with Gasteiger partial charge in [0.25, 0.3) is 0 Å². The first-order chi connectivity index (χ1) is 19.1. The van der Waals surface area contributed by atoms with Crippen LogP contribution < -0.4 is 18.9 Å². The third-order valence-electron chi connectivity index (χ3n) is 5.31. The van der Waals surface area contributed by atoms with Gasteiger partial charge in [-0.2, -0.15) is 52.7 Å². The molecule has 0 aromatic heterocycles. The van der Waals surface area contributed by atoms with Gasteiger partial charge in [0.15, 0.2) is 0 Å². The molecule has 0 saturated heterocycles. The first-order valence-electron chi connectivity index (χ1n) is 11.1. The number of aliphatic hydroxyl groups excluding tert-OH is 1. The molecular weight excluding hydrogens is 728 g/mol. The van der Waals surface area contributed by atoms with Gasteiger partial charge < -0.3 is 5.11 Å². The summed E-state index contributed by atoms with van der Waals surface area (Å²) >= 11 is 30.6. The van der Waals surface area contributed by atoms with Gasteiger partial charge in [0.1, 0.15) is 0 Å². The van der Waals surface area contributed by atoms with Crippen molar-refractivity contribution in [1.29, 1.82) is 0 Å². The number of hydrogen-bond donors (Lipinski definition) is 1. The molecule has 0 bridgehead atoms. The summed E-state index contributed by atoms with van der Waals surface area (Å²) in [6.07, 6.45) is -21.8. The van der Waals surface area contributed by atoms with Crippen LogP contribution in [0.5, 0.6) is 0 Å². The van der Waals surface area contributed by atoms with Gasteiger partial charge in [-0.25, -0.2) is 0 Å². The smallest absolute Gasteiger partial charge is 0.394 e. The number of alkyl halides is 13. The average Bonchev–Trinajstić information content (AvgIpc) is 2.83. The SMILES string of the molecule is CC(C)O.FC(F)(F)c1cc([C-]2C(Cl)=C(Cl)C(Cl)=C(Cl)C2(Cl)c2cc(C(F)(F)F)cc(C(F)(F)F)c2)cc(C(F)(F)F)c1.[Li+]. The van der Waals surface area contributed by atoms with Crippen LogP contribution in [0.25, 0.3) is 0 Å². The molecule has 1 unspecified atom stereocenters. The van der Waals surface area contributed by atoms with Gasteiger partial charge in [0.2, 0.25) is 0 Å². The van der Waals surface area contributed by atoms with E-state index in [9.17, 15) is 52.7 Å². The van der Waals surface area contributed by atoms with E-state index < -0.39 is 89.0 Å². The Balaban J connectivity index is 0.00000182. The molecule has 19 heteroatoms. The summed E-state index contributed by atoms with van der Waals surface area (Å²) in [4.78, 5) is -3.08. The molecule has 2 aromatic carbocycles. The second-order valence-electron chi connectivity index (χ2n) is 8.97. The van der Waals surface area contributed by atoms with Crippen LogP contribution in [0.15, 0.2) is 56.5 Å². The molecule has 3 rings (SSSR count). The monoisotopic (exact) mass is 740 g/mol. The minimum Gasteiger partial charge on any atom is -0.394 e. The summed E-state index contributed by atoms with van der Waals surface area (Å²) in [5.41, 5.74) is -9.97. The molecular formula is C25H14Cl5F12LiO. The summed E-state index contributed by atoms with van der Waals surface area (Å²) in [6.45, 7) is 3.44. The summed E-state index contributed by atoms with van der Waals surface area (Å²) in [7, 11) is 0. The van der Waals surface area contributed by atoms with Crippen molar-refractivity contribution in [2.45, 2.75) is 49.5 Å². The Hall–Kier alpha value is -1.04. The van der Waals surface area contributed by atoms with Crippen LogP contribution in [0.3, 0.4) is 0 Å². The fraction of sp³-hybridized carbons (Fsp3) is 0.320. The van der Waals surface area contributed by atoms with E-state index in [1.165, 1.54) is 0 Å². The van der Waals surface area contributed by atoms with E-state index in [4.69, 9.17) is 63.1 Å². The normalized spacial score (nSPS) is 18.3. The van der Waals surface area contributed by atoms with Crippen LogP contribution in [-0.2, 0) is 29.6 Å². The van der Waals surface area contributed by atoms with Crippen molar-refractivity contribution in [2.24, 2.45) is 0 Å². The maximum Gasteiger partial charge on any atom is 1.00 e. The molecule has 44 heavy (non-hydrogen) atoms. The minimum absolute atomic E-state index is 0. The zero-order chi connectivity index (χ0) is 33.7. The van der Waals surface area contributed by atoms with E-state index >= 15 is 0 Å². The molecule has 1 atom stereocenters. The molecule has 0 amide bonds. The summed E-state index contributed by atoms with van der Waals surface area (Å²) in [5, 5.41) is 4.38. The summed E-state index contributed by atoms with van der Waals surface area (Å²) < 4.78 is 162. The molecule has 240 valence electrons. The first kappa shape index (κ1) is 41.0. The van der Waals surface area contributed by atoms with Crippen molar-refractivity contribution < 1.29 is 76.7 Å². The topological polar surface area (TPSA) is 20.2 Å². The third kappa shape index (κ3) is 9.06. The quantitative estimate of drug-likeness (QED) is 0.142. The van der Waals surface area contributed by atoms with E-state index in [2.05, 4.69) is 0 Å². The Labute approximate surface area is 278 Å². The van der Waals surface area contributed by atoms with E-state index in [1.807, 2.05) is 0 Å². The molecule has 1 nitrogen and oxygen atoms in total. The predicted molar refractivity (Wildman–Crippen MR) is 138 cm³/mol. The van der Waals surface area contributed by atoms with Crippen molar-refractivity contribution in [3.8, 4) is 0 Å². The molecule has 0 fully saturated rings. The summed E-state index contributed by atoms with van der Waals surface area (Å²) in [6, 6.07) is -0.251. The number of rotatable bonds is 2. The van der Waals surface area contributed by atoms with Crippen molar-refractivity contribution in [2.75, 3.05) is 0 Å². The van der Waals surface area contributed by atoms with Crippen LogP contribution in [0.4, 0.5) is 52.7 Å². The molecule has 0 radical (unpaired) electrons. The van der Waals surface area contributed by atoms with Crippen LogP contribution in [-0.4, -0.2) is 11.2 Å². The molecule has 0 saturated carbocycles. The minimum atomic E-state index is -5.42. The molecule has 0 heterocycles. The largest absolute Gasteiger partial charge is 1.00 e. The van der Waals surface area contributed by atoms with Crippen LogP contribution in [0.1, 0.15) is 47.2 Å². The fourth-order valence-electron chi connectivity index (χ4n) is 3.56. The maximum absolute atomic E-state index is 13.5. The molecule has 1 N–H and O–H groups in total. The molecule has 2 aromatic rings. The maximum atomic E-state index is 13.5. The Morgan fingerprint density at radius 2 is 0.909 bits per heavy atom. The number of halogens is 17. The van der Waals surface area contributed by atoms with Gasteiger partial charge in [-0.15, -0.1) is 52.5 Å². The number of allylic oxidation sites excluding steroid dienone is 4. The van der Waals surface area contributed by atoms with Crippen LogP contribution in [0, 0.1) is 5.92 Å². The van der Waals surface area contributed by atoms with Gasteiger partial charge in [0.05, 0.1) is 16.0 Å². The molecule has 1 aliphatic rings. The van der Waals surface area contributed by atoms with Crippen molar-refractivity contribution >= 4 is 58.0 Å². The standard InChI is InChI=1S/C22H6Cl5F12.C3H8O.Li/c23-14-13(7-1-9(19(28,29)30)5-10(2-7)20(31,32)33)18(27,17(26)16(25)15(14)24)8-3-11(21(34,35)36)6-12(4-8)22(37,38)39;1-3(2)4;/h1-6H;3-4H,1-2H3;/q-1;;+1. The average molecular weight is 743 g/mol. The Kier molecular flexibility index (Phi) is 13.0. The van der Waals surface area contributed by atoms with Crippen LogP contribution in [0.2, 0.25) is 0 Å². The third-order valence-corrected chi connectivity index (χ3v) is 7.90. The van der Waals surface area contributed by atoms with Crippen LogP contribution >= 0.6 is 58.0 Å². The van der Waals surface area contributed by atoms with Gasteiger partial charge in [0, 0.05) is 32.3 Å². The number of aliphatic hydroxyl groups is 1. The van der Waals surface area contributed by atoms with Gasteiger partial charge in [-0.05, 0) is 42.6 Å². The zero-order valence-corrected chi connectivity index (χ0v) is 25.7. The second-order valence-corrected chi connectivity index (χ2v) is 11.1. The molecule has 0 spiro atoms. The molecule has 0 aliphatic heterocycles. The zero-order valence-electron chi connectivity index (χ0n) is 21.9. The predicted octanol–water partition coefficient (Wildman–Crippen LogP) is 8.60. The van der Waals surface area contributed by atoms with Crippen molar-refractivity contribution in [1.82, 2.24) is 0 Å². The van der Waals surface area contributed by atoms with Gasteiger partial charge in [-0.3, -0.25) is 0 Å². The van der Waals surface area contributed by atoms with Crippen molar-refractivity contribution in [3.63, 3.8) is 0 Å². The summed E-state index contributed by atoms with van der Waals surface area (Å²) in [5.74, 6) is -1.09. The fourth-order valence-corrected chi connectivity index (χ4v) is 5.23. The van der Waals surface area contributed by atoms with Gasteiger partial charge >= 0.3 is 43.6 Å². The van der Waals surface area contributed by atoms with E-state index in [0.717, 1.165) is 0 Å². The Morgan fingerprint density at radius 1 is 0.614 bits per heavy atom. The van der Waals surface area contributed by atoms with E-state index in [-0.39, 0.29) is 61.4 Å². The van der Waals surface area contributed by atoms with Crippen molar-refractivity contribution in [3.05, 3.63) is 95.8 Å². The van der Waals surface area contributed by atoms with E-state index in [1.54, 1.807) is 13.8 Å². The number of hydrogen-bond acceptors (Lipinski definition) is 1. The Bertz CT molecular complexity index is 1360.